The van der Waals surface area contributed by atoms with E-state index in [1.54, 1.807) is 6.20 Å². The molecule has 1 unspecified atom stereocenters. The Labute approximate surface area is 151 Å². The van der Waals surface area contributed by atoms with E-state index in [1.807, 2.05) is 29.2 Å². The van der Waals surface area contributed by atoms with E-state index in [0.717, 1.165) is 18.4 Å². The second kappa shape index (κ2) is 5.56. The fraction of sp³-hybridized carbons (Fsp3) is 0.273. The minimum Gasteiger partial charge on any atom is -0.343 e. The lowest BCUT2D eigenvalue weighted by molar-refractivity contribution is 0.0732. The van der Waals surface area contributed by atoms with Crippen molar-refractivity contribution >= 4 is 16.8 Å². The molecule has 0 spiro atoms. The van der Waals surface area contributed by atoms with E-state index in [4.69, 9.17) is 0 Å². The van der Waals surface area contributed by atoms with Crippen LogP contribution in [0.3, 0.4) is 0 Å². The molecule has 4 heteroatoms. The first-order valence-electron chi connectivity index (χ1n) is 9.16. The predicted molar refractivity (Wildman–Crippen MR) is 102 cm³/mol. The summed E-state index contributed by atoms with van der Waals surface area (Å²) < 4.78 is 2.11. The molecule has 130 valence electrons. The number of carbonyl (C=O) groups excluding carboxylic acids is 1. The van der Waals surface area contributed by atoms with Crippen LogP contribution in [0.25, 0.3) is 10.9 Å². The van der Waals surface area contributed by atoms with Crippen LogP contribution >= 0.6 is 0 Å². The Kier molecular flexibility index (Phi) is 3.29. The van der Waals surface area contributed by atoms with Crippen LogP contribution < -0.4 is 5.43 Å². The molecule has 2 aromatic carbocycles. The zero-order valence-electron chi connectivity index (χ0n) is 14.7. The molecule has 4 nitrogen and oxygen atoms in total. The van der Waals surface area contributed by atoms with Gasteiger partial charge in [-0.15, -0.1) is 0 Å². The fourth-order valence-electron chi connectivity index (χ4n) is 4.41. The summed E-state index contributed by atoms with van der Waals surface area (Å²) in [5, 5.41) is 0.662. The molecular weight excluding hydrogens is 324 g/mol. The number of hydrogen-bond donors (Lipinski definition) is 0. The monoisotopic (exact) mass is 344 g/mol. The summed E-state index contributed by atoms with van der Waals surface area (Å²) in [6.45, 7) is 3.36. The highest BCUT2D eigenvalue weighted by Crippen LogP contribution is 2.31. The van der Waals surface area contributed by atoms with Gasteiger partial charge in [-0.2, -0.15) is 0 Å². The molecule has 0 bridgehead atoms. The first kappa shape index (κ1) is 15.4. The van der Waals surface area contributed by atoms with Crippen molar-refractivity contribution in [2.24, 2.45) is 0 Å². The first-order valence-corrected chi connectivity index (χ1v) is 9.16. The summed E-state index contributed by atoms with van der Waals surface area (Å²) in [4.78, 5) is 28.0. The van der Waals surface area contributed by atoms with Gasteiger partial charge < -0.3 is 9.47 Å². The van der Waals surface area contributed by atoms with Crippen LogP contribution in [0.4, 0.5) is 0 Å². The van der Waals surface area contributed by atoms with Gasteiger partial charge in [0.25, 0.3) is 5.91 Å². The minimum absolute atomic E-state index is 0.143. The number of pyridine rings is 1. The van der Waals surface area contributed by atoms with Crippen molar-refractivity contribution in [2.75, 3.05) is 6.54 Å². The Bertz CT molecular complexity index is 1110. The summed E-state index contributed by atoms with van der Waals surface area (Å²) in [7, 11) is 0. The summed E-state index contributed by atoms with van der Waals surface area (Å²) in [5.74, 6) is -0.153. The van der Waals surface area contributed by atoms with E-state index < -0.39 is 0 Å². The van der Waals surface area contributed by atoms with Gasteiger partial charge >= 0.3 is 0 Å². The lowest BCUT2D eigenvalue weighted by atomic mass is 9.99. The summed E-state index contributed by atoms with van der Waals surface area (Å²) in [6.07, 6.45) is 3.53. The van der Waals surface area contributed by atoms with Gasteiger partial charge in [0.15, 0.2) is 0 Å². The van der Waals surface area contributed by atoms with Crippen LogP contribution in [0.2, 0.25) is 0 Å². The highest BCUT2D eigenvalue weighted by molar-refractivity contribution is 5.98. The second-order valence-corrected chi connectivity index (χ2v) is 7.39. The molecule has 3 heterocycles. The molecule has 2 aliphatic rings. The van der Waals surface area contributed by atoms with Gasteiger partial charge in [0.05, 0.1) is 5.52 Å². The van der Waals surface area contributed by atoms with Crippen LogP contribution in [0.5, 0.6) is 0 Å². The van der Waals surface area contributed by atoms with Gasteiger partial charge in [0.2, 0.25) is 5.43 Å². The van der Waals surface area contributed by atoms with Crippen molar-refractivity contribution in [3.05, 3.63) is 81.1 Å². The van der Waals surface area contributed by atoms with Crippen LogP contribution in [-0.4, -0.2) is 21.9 Å². The molecule has 0 radical (unpaired) electrons. The quantitative estimate of drug-likeness (QED) is 0.680. The number of nitrogens with zero attached hydrogens (tertiary/aromatic N) is 2. The Morgan fingerprint density at radius 3 is 2.65 bits per heavy atom. The SMILES string of the molecule is CC1Cc2cccc3c(=O)c(C(=O)N4CCc5ccccc5C4)cn1c23. The van der Waals surface area contributed by atoms with Gasteiger partial charge in [-0.05, 0) is 42.5 Å². The number of rotatable bonds is 1. The maximum atomic E-state index is 13.2. The van der Waals surface area contributed by atoms with Crippen molar-refractivity contribution in [1.82, 2.24) is 9.47 Å². The molecule has 26 heavy (non-hydrogen) atoms. The smallest absolute Gasteiger partial charge is 0.259 e. The Morgan fingerprint density at radius 2 is 1.81 bits per heavy atom. The van der Waals surface area contributed by atoms with Gasteiger partial charge in [-0.3, -0.25) is 9.59 Å². The van der Waals surface area contributed by atoms with Crippen molar-refractivity contribution in [2.45, 2.75) is 32.4 Å². The largest absolute Gasteiger partial charge is 0.343 e. The zero-order valence-corrected chi connectivity index (χ0v) is 14.7. The number of para-hydroxylation sites is 1. The topological polar surface area (TPSA) is 42.3 Å². The maximum Gasteiger partial charge on any atom is 0.259 e. The Morgan fingerprint density at radius 1 is 1.04 bits per heavy atom. The maximum absolute atomic E-state index is 13.2. The van der Waals surface area contributed by atoms with E-state index >= 15 is 0 Å². The highest BCUT2D eigenvalue weighted by Gasteiger charge is 2.28. The van der Waals surface area contributed by atoms with Gasteiger partial charge in [0.1, 0.15) is 5.56 Å². The first-order chi connectivity index (χ1) is 12.6. The summed E-state index contributed by atoms with van der Waals surface area (Å²) >= 11 is 0. The van der Waals surface area contributed by atoms with Gasteiger partial charge in [0, 0.05) is 30.7 Å². The highest BCUT2D eigenvalue weighted by atomic mass is 16.2. The number of fused-ring (bicyclic) bond motifs is 1. The van der Waals surface area contributed by atoms with Crippen LogP contribution in [0, 0.1) is 0 Å². The van der Waals surface area contributed by atoms with E-state index in [0.29, 0.717) is 24.0 Å². The van der Waals surface area contributed by atoms with Crippen LogP contribution in [-0.2, 0) is 19.4 Å². The molecule has 1 atom stereocenters. The van der Waals surface area contributed by atoms with Crippen molar-refractivity contribution in [3.63, 3.8) is 0 Å². The normalized spacial score (nSPS) is 18.2. The van der Waals surface area contributed by atoms with E-state index in [9.17, 15) is 9.59 Å². The Balaban J connectivity index is 1.60. The van der Waals surface area contributed by atoms with Gasteiger partial charge in [-0.25, -0.2) is 0 Å². The lowest BCUT2D eigenvalue weighted by Crippen LogP contribution is -2.38. The minimum atomic E-state index is -0.153. The van der Waals surface area contributed by atoms with E-state index in [-0.39, 0.29) is 17.4 Å². The molecule has 0 saturated heterocycles. The Hall–Kier alpha value is -2.88. The third kappa shape index (κ3) is 2.15. The molecule has 0 aliphatic carbocycles. The molecule has 1 amide bonds. The molecule has 2 aliphatic heterocycles. The van der Waals surface area contributed by atoms with Crippen molar-refractivity contribution in [1.29, 1.82) is 0 Å². The number of hydrogen-bond acceptors (Lipinski definition) is 2. The average Bonchev–Trinajstić information content (AvgIpc) is 2.99. The third-order valence-electron chi connectivity index (χ3n) is 5.77. The summed E-state index contributed by atoms with van der Waals surface area (Å²) in [5.41, 5.74) is 4.80. The zero-order chi connectivity index (χ0) is 17.8. The van der Waals surface area contributed by atoms with Gasteiger partial charge in [-0.1, -0.05) is 36.4 Å². The van der Waals surface area contributed by atoms with E-state index in [2.05, 4.69) is 29.7 Å². The number of benzene rings is 2. The van der Waals surface area contributed by atoms with Crippen molar-refractivity contribution < 1.29 is 4.79 Å². The molecule has 5 rings (SSSR count). The third-order valence-corrected chi connectivity index (χ3v) is 5.77. The lowest BCUT2D eigenvalue weighted by Gasteiger charge is -2.29. The molecular formula is C22H20N2O2. The standard InChI is InChI=1S/C22H20N2O2/c1-14-11-16-7-4-8-18-20(16)24(14)13-19(21(18)25)22(26)23-10-9-15-5-2-3-6-17(15)12-23/h2-8,13-14H,9-12H2,1H3. The predicted octanol–water partition coefficient (Wildman–Crippen LogP) is 3.32. The number of amides is 1. The molecule has 0 saturated carbocycles. The molecule has 3 aromatic rings. The van der Waals surface area contributed by atoms with Crippen LogP contribution in [0.1, 0.15) is 40.0 Å². The summed E-state index contributed by atoms with van der Waals surface area (Å²) in [6, 6.07) is 14.3. The van der Waals surface area contributed by atoms with E-state index in [1.165, 1.54) is 16.7 Å². The number of aromatic nitrogens is 1. The number of carbonyl (C=O) groups is 1. The molecule has 0 fully saturated rings. The molecule has 0 N–H and O–H groups in total. The fourth-order valence-corrected chi connectivity index (χ4v) is 4.41. The second-order valence-electron chi connectivity index (χ2n) is 7.39. The van der Waals surface area contributed by atoms with Crippen LogP contribution in [0.15, 0.2) is 53.5 Å². The van der Waals surface area contributed by atoms with Crippen molar-refractivity contribution in [3.8, 4) is 0 Å². The average molecular weight is 344 g/mol. The molecule has 1 aromatic heterocycles.